The normalized spacial score (nSPS) is 14.4. The van der Waals surface area contributed by atoms with Crippen LogP contribution in [0.15, 0.2) is 30.3 Å². The van der Waals surface area contributed by atoms with E-state index < -0.39 is 28.9 Å². The van der Waals surface area contributed by atoms with Crippen molar-refractivity contribution in [3.8, 4) is 5.75 Å². The molecule has 0 N–H and O–H groups in total. The molecule has 0 aliphatic carbocycles. The van der Waals surface area contributed by atoms with Gasteiger partial charge < -0.3 is 14.5 Å². The summed E-state index contributed by atoms with van der Waals surface area (Å²) in [6.07, 6.45) is 0.479. The first-order valence-electron chi connectivity index (χ1n) is 9.68. The lowest BCUT2D eigenvalue weighted by molar-refractivity contribution is -0.133. The smallest absolute Gasteiger partial charge is 0.260 e. The summed E-state index contributed by atoms with van der Waals surface area (Å²) >= 11 is 0. The third-order valence-corrected chi connectivity index (χ3v) is 5.24. The van der Waals surface area contributed by atoms with Gasteiger partial charge in [0.05, 0.1) is 5.56 Å². The molecule has 2 amide bonds. The van der Waals surface area contributed by atoms with Crippen molar-refractivity contribution >= 4 is 11.8 Å². The van der Waals surface area contributed by atoms with E-state index in [1.807, 2.05) is 26.0 Å². The minimum atomic E-state index is -1.67. The molecule has 0 unspecified atom stereocenters. The second-order valence-electron chi connectivity index (χ2n) is 7.28. The van der Waals surface area contributed by atoms with Gasteiger partial charge in [-0.3, -0.25) is 9.59 Å². The molecule has 1 aliphatic heterocycles. The maximum atomic E-state index is 13.9. The van der Waals surface area contributed by atoms with E-state index in [-0.39, 0.29) is 32.1 Å². The maximum Gasteiger partial charge on any atom is 0.260 e. The molecule has 1 aliphatic rings. The van der Waals surface area contributed by atoms with Crippen molar-refractivity contribution in [1.82, 2.24) is 9.80 Å². The summed E-state index contributed by atoms with van der Waals surface area (Å²) in [4.78, 5) is 28.0. The summed E-state index contributed by atoms with van der Waals surface area (Å²) in [5.74, 6) is -4.86. The molecular formula is C22H23F3N2O3. The van der Waals surface area contributed by atoms with Crippen LogP contribution in [0.25, 0.3) is 0 Å². The Morgan fingerprint density at radius 1 is 0.900 bits per heavy atom. The molecule has 0 atom stereocenters. The molecule has 0 aromatic heterocycles. The minimum absolute atomic E-state index is 0.131. The average molecular weight is 420 g/mol. The third kappa shape index (κ3) is 4.75. The van der Waals surface area contributed by atoms with Crippen molar-refractivity contribution in [3.63, 3.8) is 0 Å². The number of hydrogen-bond donors (Lipinski definition) is 0. The molecule has 30 heavy (non-hydrogen) atoms. The fourth-order valence-corrected chi connectivity index (χ4v) is 3.27. The quantitative estimate of drug-likeness (QED) is 0.712. The first-order chi connectivity index (χ1) is 14.3. The molecule has 160 valence electrons. The predicted octanol–water partition coefficient (Wildman–Crippen LogP) is 3.47. The van der Waals surface area contributed by atoms with E-state index in [4.69, 9.17) is 4.74 Å². The number of rotatable bonds is 4. The molecule has 2 aromatic rings. The van der Waals surface area contributed by atoms with Gasteiger partial charge in [0.25, 0.3) is 11.8 Å². The average Bonchev–Trinajstić information content (AvgIpc) is 2.99. The lowest BCUT2D eigenvalue weighted by atomic mass is 10.1. The Bertz CT molecular complexity index is 965. The summed E-state index contributed by atoms with van der Waals surface area (Å²) in [6.45, 7) is 4.91. The number of hydrogen-bond acceptors (Lipinski definition) is 3. The zero-order valence-corrected chi connectivity index (χ0v) is 16.9. The summed E-state index contributed by atoms with van der Waals surface area (Å²) in [6, 6.07) is 7.24. The zero-order chi connectivity index (χ0) is 21.8. The Kier molecular flexibility index (Phi) is 6.64. The summed E-state index contributed by atoms with van der Waals surface area (Å²) in [5, 5.41) is 0. The zero-order valence-electron chi connectivity index (χ0n) is 16.9. The van der Waals surface area contributed by atoms with Crippen LogP contribution in [0.3, 0.4) is 0 Å². The van der Waals surface area contributed by atoms with Gasteiger partial charge in [0.15, 0.2) is 24.1 Å². The van der Waals surface area contributed by atoms with Crippen LogP contribution in [0.5, 0.6) is 5.75 Å². The van der Waals surface area contributed by atoms with E-state index in [9.17, 15) is 22.8 Å². The van der Waals surface area contributed by atoms with Gasteiger partial charge >= 0.3 is 0 Å². The van der Waals surface area contributed by atoms with E-state index in [1.165, 1.54) is 4.90 Å². The Hall–Kier alpha value is -3.03. The largest absolute Gasteiger partial charge is 0.484 e. The Morgan fingerprint density at radius 2 is 1.60 bits per heavy atom. The number of benzene rings is 2. The monoisotopic (exact) mass is 420 g/mol. The highest BCUT2D eigenvalue weighted by Crippen LogP contribution is 2.19. The van der Waals surface area contributed by atoms with E-state index in [1.54, 1.807) is 11.0 Å². The van der Waals surface area contributed by atoms with Crippen LogP contribution in [0.2, 0.25) is 0 Å². The van der Waals surface area contributed by atoms with E-state index in [2.05, 4.69) is 0 Å². The molecule has 1 saturated heterocycles. The van der Waals surface area contributed by atoms with E-state index in [0.29, 0.717) is 18.7 Å². The number of aryl methyl sites for hydroxylation is 2. The van der Waals surface area contributed by atoms with Crippen molar-refractivity contribution < 1.29 is 27.5 Å². The summed E-state index contributed by atoms with van der Waals surface area (Å²) in [7, 11) is 0. The van der Waals surface area contributed by atoms with Crippen LogP contribution >= 0.6 is 0 Å². The van der Waals surface area contributed by atoms with Gasteiger partial charge in [-0.15, -0.1) is 0 Å². The van der Waals surface area contributed by atoms with Gasteiger partial charge in [0.1, 0.15) is 5.75 Å². The van der Waals surface area contributed by atoms with Crippen LogP contribution in [0.1, 0.15) is 27.9 Å². The first kappa shape index (κ1) is 21.7. The molecule has 0 bridgehead atoms. The topological polar surface area (TPSA) is 49.9 Å². The van der Waals surface area contributed by atoms with Crippen LogP contribution in [0.4, 0.5) is 13.2 Å². The second kappa shape index (κ2) is 9.19. The number of carbonyl (C=O) groups is 2. The van der Waals surface area contributed by atoms with Crippen molar-refractivity contribution in [3.05, 3.63) is 64.5 Å². The fraction of sp³-hybridized carbons (Fsp3) is 0.364. The van der Waals surface area contributed by atoms with Gasteiger partial charge in [-0.1, -0.05) is 6.07 Å². The summed E-state index contributed by atoms with van der Waals surface area (Å²) < 4.78 is 46.1. The van der Waals surface area contributed by atoms with E-state index >= 15 is 0 Å². The van der Waals surface area contributed by atoms with Crippen molar-refractivity contribution in [2.45, 2.75) is 20.3 Å². The van der Waals surface area contributed by atoms with E-state index in [0.717, 1.165) is 23.3 Å². The molecule has 0 radical (unpaired) electrons. The van der Waals surface area contributed by atoms with Crippen molar-refractivity contribution in [2.24, 2.45) is 0 Å². The molecule has 1 heterocycles. The molecule has 0 spiro atoms. The minimum Gasteiger partial charge on any atom is -0.484 e. The van der Waals surface area contributed by atoms with Crippen LogP contribution in [0, 0.1) is 31.3 Å². The van der Waals surface area contributed by atoms with Gasteiger partial charge in [-0.2, -0.15) is 0 Å². The number of halogens is 3. The second-order valence-corrected chi connectivity index (χ2v) is 7.28. The molecular weight excluding hydrogens is 397 g/mol. The molecule has 0 saturated carbocycles. The lowest BCUT2D eigenvalue weighted by Gasteiger charge is -2.22. The van der Waals surface area contributed by atoms with Gasteiger partial charge in [0.2, 0.25) is 0 Å². The van der Waals surface area contributed by atoms with Crippen LogP contribution in [-0.4, -0.2) is 54.4 Å². The molecule has 5 nitrogen and oxygen atoms in total. The number of ether oxygens (including phenoxy) is 1. The lowest BCUT2D eigenvalue weighted by Crippen LogP contribution is -2.39. The maximum absolute atomic E-state index is 13.9. The first-order valence-corrected chi connectivity index (χ1v) is 9.68. The number of carbonyl (C=O) groups excluding carboxylic acids is 2. The van der Waals surface area contributed by atoms with Crippen molar-refractivity contribution in [2.75, 3.05) is 32.8 Å². The molecule has 2 aromatic carbocycles. The van der Waals surface area contributed by atoms with Gasteiger partial charge in [0, 0.05) is 26.2 Å². The molecule has 8 heteroatoms. The molecule has 1 fully saturated rings. The highest BCUT2D eigenvalue weighted by atomic mass is 19.2. The third-order valence-electron chi connectivity index (χ3n) is 5.24. The standard InChI is InChI=1S/C22H23F3N2O3/c1-14-4-5-16(12-15(14)2)30-13-19(28)26-8-3-9-27(11-10-26)22(29)17-6-7-18(23)21(25)20(17)24/h4-7,12H,3,8-11,13H2,1-2H3. The number of amides is 2. The van der Waals surface area contributed by atoms with Crippen molar-refractivity contribution in [1.29, 1.82) is 0 Å². The highest BCUT2D eigenvalue weighted by molar-refractivity contribution is 5.94. The SMILES string of the molecule is Cc1ccc(OCC(=O)N2CCCN(C(=O)c3ccc(F)c(F)c3F)CC2)cc1C. The Balaban J connectivity index is 1.59. The fourth-order valence-electron chi connectivity index (χ4n) is 3.27. The highest BCUT2D eigenvalue weighted by Gasteiger charge is 2.26. The van der Waals surface area contributed by atoms with Gasteiger partial charge in [-0.05, 0) is 55.7 Å². The van der Waals surface area contributed by atoms with Crippen LogP contribution < -0.4 is 4.74 Å². The summed E-state index contributed by atoms with van der Waals surface area (Å²) in [5.41, 5.74) is 1.67. The Morgan fingerprint density at radius 3 is 2.33 bits per heavy atom. The van der Waals surface area contributed by atoms with Gasteiger partial charge in [-0.25, -0.2) is 13.2 Å². The number of nitrogens with zero attached hydrogens (tertiary/aromatic N) is 2. The Labute approximate surface area is 173 Å². The van der Waals surface area contributed by atoms with Crippen LogP contribution in [-0.2, 0) is 4.79 Å². The molecule has 3 rings (SSSR count). The predicted molar refractivity (Wildman–Crippen MR) is 105 cm³/mol.